The third kappa shape index (κ3) is 5.30. The summed E-state index contributed by atoms with van der Waals surface area (Å²) in [6.45, 7) is 3.55. The molecule has 134 valence electrons. The van der Waals surface area contributed by atoms with Gasteiger partial charge in [0.15, 0.2) is 0 Å². The summed E-state index contributed by atoms with van der Waals surface area (Å²) in [5.74, 6) is 1.40. The van der Waals surface area contributed by atoms with Crippen LogP contribution in [0.4, 0.5) is 0 Å². The predicted octanol–water partition coefficient (Wildman–Crippen LogP) is 3.06. The van der Waals surface area contributed by atoms with Gasteiger partial charge in [-0.2, -0.15) is 0 Å². The first-order valence-electron chi connectivity index (χ1n) is 8.90. The van der Waals surface area contributed by atoms with Crippen LogP contribution < -0.4 is 4.74 Å². The molecule has 3 rings (SSSR count). The molecule has 2 aromatic rings. The molecule has 4 heteroatoms. The Morgan fingerprint density at radius 3 is 2.80 bits per heavy atom. The van der Waals surface area contributed by atoms with Gasteiger partial charge in [0.2, 0.25) is 0 Å². The number of rotatable bonds is 8. The fourth-order valence-electron chi connectivity index (χ4n) is 3.42. The van der Waals surface area contributed by atoms with Crippen LogP contribution in [0.2, 0.25) is 0 Å². The second-order valence-corrected chi connectivity index (χ2v) is 6.68. The van der Waals surface area contributed by atoms with Crippen LogP contribution in [0.3, 0.4) is 0 Å². The quantitative estimate of drug-likeness (QED) is 0.801. The molecule has 2 unspecified atom stereocenters. The minimum absolute atomic E-state index is 0.351. The average molecular weight is 341 g/mol. The van der Waals surface area contributed by atoms with Crippen molar-refractivity contribution in [2.24, 2.45) is 0 Å². The van der Waals surface area contributed by atoms with Gasteiger partial charge in [-0.05, 0) is 42.1 Å². The molecule has 1 saturated heterocycles. The zero-order valence-electron chi connectivity index (χ0n) is 14.8. The number of benzene rings is 2. The second-order valence-electron chi connectivity index (χ2n) is 6.68. The van der Waals surface area contributed by atoms with E-state index in [1.807, 2.05) is 24.3 Å². The molecule has 0 aliphatic carbocycles. The Kier molecular flexibility index (Phi) is 6.45. The fourth-order valence-corrected chi connectivity index (χ4v) is 3.42. The number of nitrogens with zero attached hydrogens (tertiary/aromatic N) is 1. The van der Waals surface area contributed by atoms with Gasteiger partial charge in [0.1, 0.15) is 5.75 Å². The van der Waals surface area contributed by atoms with Crippen molar-refractivity contribution in [2.45, 2.75) is 25.0 Å². The molecule has 0 spiro atoms. The van der Waals surface area contributed by atoms with E-state index in [9.17, 15) is 5.11 Å². The highest BCUT2D eigenvalue weighted by molar-refractivity contribution is 5.27. The van der Waals surface area contributed by atoms with Crippen LogP contribution in [0.25, 0.3) is 0 Å². The van der Waals surface area contributed by atoms with Gasteiger partial charge in [-0.15, -0.1) is 0 Å². The molecule has 0 aromatic heterocycles. The highest BCUT2D eigenvalue weighted by Crippen LogP contribution is 2.26. The summed E-state index contributed by atoms with van der Waals surface area (Å²) in [4.78, 5) is 2.33. The lowest BCUT2D eigenvalue weighted by molar-refractivity contribution is 0.0132. The number of likely N-dealkylation sites (tertiary alicyclic amines) is 1. The van der Waals surface area contributed by atoms with Crippen LogP contribution in [0.5, 0.6) is 5.75 Å². The highest BCUT2D eigenvalue weighted by Gasteiger charge is 2.25. The van der Waals surface area contributed by atoms with E-state index in [4.69, 9.17) is 9.47 Å². The first kappa shape index (κ1) is 17.9. The molecule has 0 bridgehead atoms. The number of hydrogen-bond acceptors (Lipinski definition) is 4. The molecule has 1 heterocycles. The smallest absolute Gasteiger partial charge is 0.119 e. The van der Waals surface area contributed by atoms with E-state index in [1.165, 1.54) is 5.56 Å². The van der Waals surface area contributed by atoms with Gasteiger partial charge in [0.05, 0.1) is 26.4 Å². The molecule has 1 fully saturated rings. The zero-order chi connectivity index (χ0) is 17.5. The Balaban J connectivity index is 1.39. The Hall–Kier alpha value is -1.88. The van der Waals surface area contributed by atoms with E-state index in [0.717, 1.165) is 30.8 Å². The summed E-state index contributed by atoms with van der Waals surface area (Å²) in [6.07, 6.45) is 0.696. The van der Waals surface area contributed by atoms with Crippen molar-refractivity contribution in [3.8, 4) is 5.75 Å². The maximum absolute atomic E-state index is 10.3. The van der Waals surface area contributed by atoms with Crippen molar-refractivity contribution in [3.63, 3.8) is 0 Å². The lowest BCUT2D eigenvalue weighted by atomic mass is 9.99. The molecule has 1 aliphatic rings. The maximum Gasteiger partial charge on any atom is 0.119 e. The van der Waals surface area contributed by atoms with Crippen LogP contribution in [0.1, 0.15) is 23.5 Å². The van der Waals surface area contributed by atoms with Gasteiger partial charge in [-0.1, -0.05) is 42.5 Å². The number of hydrogen-bond donors (Lipinski definition) is 1. The van der Waals surface area contributed by atoms with E-state index in [1.54, 1.807) is 7.11 Å². The normalized spacial score (nSPS) is 19.0. The zero-order valence-corrected chi connectivity index (χ0v) is 14.8. The Labute approximate surface area is 150 Å². The standard InChI is InChI=1S/C21H27NO3/c1-24-21-9-5-6-17(12-21)15-25-16-20(23)14-22-11-10-19(13-22)18-7-3-2-4-8-18/h2-9,12,19-20,23H,10-11,13-16H2,1H3. The summed E-state index contributed by atoms with van der Waals surface area (Å²) in [5, 5.41) is 10.3. The van der Waals surface area contributed by atoms with Gasteiger partial charge >= 0.3 is 0 Å². The summed E-state index contributed by atoms with van der Waals surface area (Å²) in [6, 6.07) is 18.5. The Morgan fingerprint density at radius 1 is 1.16 bits per heavy atom. The molecule has 2 aromatic carbocycles. The highest BCUT2D eigenvalue weighted by atomic mass is 16.5. The van der Waals surface area contributed by atoms with Gasteiger partial charge in [0, 0.05) is 13.1 Å². The molecule has 0 radical (unpaired) electrons. The van der Waals surface area contributed by atoms with Crippen LogP contribution in [0, 0.1) is 0 Å². The second kappa shape index (κ2) is 8.99. The lowest BCUT2D eigenvalue weighted by Crippen LogP contribution is -2.33. The molecule has 4 nitrogen and oxygen atoms in total. The SMILES string of the molecule is COc1cccc(COCC(O)CN2CCC(c3ccccc3)C2)c1. The van der Waals surface area contributed by atoms with Crippen LogP contribution >= 0.6 is 0 Å². The largest absolute Gasteiger partial charge is 0.497 e. The molecule has 0 amide bonds. The summed E-state index contributed by atoms with van der Waals surface area (Å²) in [5.41, 5.74) is 2.45. The third-order valence-corrected chi connectivity index (χ3v) is 4.73. The van der Waals surface area contributed by atoms with Crippen molar-refractivity contribution in [2.75, 3.05) is 33.4 Å². The summed E-state index contributed by atoms with van der Waals surface area (Å²) >= 11 is 0. The van der Waals surface area contributed by atoms with E-state index in [-0.39, 0.29) is 0 Å². The monoisotopic (exact) mass is 341 g/mol. The minimum atomic E-state index is -0.458. The van der Waals surface area contributed by atoms with E-state index < -0.39 is 6.10 Å². The Bertz CT molecular complexity index is 647. The average Bonchev–Trinajstić information content (AvgIpc) is 3.11. The lowest BCUT2D eigenvalue weighted by Gasteiger charge is -2.20. The van der Waals surface area contributed by atoms with Crippen molar-refractivity contribution in [1.82, 2.24) is 4.90 Å². The summed E-state index contributed by atoms with van der Waals surface area (Å²) in [7, 11) is 1.66. The molecule has 0 saturated carbocycles. The van der Waals surface area contributed by atoms with E-state index >= 15 is 0 Å². The predicted molar refractivity (Wildman–Crippen MR) is 98.9 cm³/mol. The number of β-amino-alcohol motifs (C(OH)–C–C–N with tert-alkyl or cyclic N) is 1. The maximum atomic E-state index is 10.3. The first-order valence-corrected chi connectivity index (χ1v) is 8.90. The number of aliphatic hydroxyl groups is 1. The summed E-state index contributed by atoms with van der Waals surface area (Å²) < 4.78 is 10.9. The third-order valence-electron chi connectivity index (χ3n) is 4.73. The van der Waals surface area contributed by atoms with E-state index in [0.29, 0.717) is 25.7 Å². The minimum Gasteiger partial charge on any atom is -0.497 e. The van der Waals surface area contributed by atoms with Crippen molar-refractivity contribution in [3.05, 3.63) is 65.7 Å². The van der Waals surface area contributed by atoms with Gasteiger partial charge in [-0.3, -0.25) is 0 Å². The molecule has 2 atom stereocenters. The van der Waals surface area contributed by atoms with Gasteiger partial charge in [0.25, 0.3) is 0 Å². The molecule has 25 heavy (non-hydrogen) atoms. The van der Waals surface area contributed by atoms with E-state index in [2.05, 4.69) is 35.2 Å². The fraction of sp³-hybridized carbons (Fsp3) is 0.429. The van der Waals surface area contributed by atoms with Crippen LogP contribution in [-0.2, 0) is 11.3 Å². The molecular formula is C21H27NO3. The van der Waals surface area contributed by atoms with Gasteiger partial charge in [-0.25, -0.2) is 0 Å². The van der Waals surface area contributed by atoms with Crippen LogP contribution in [-0.4, -0.2) is 49.5 Å². The number of aliphatic hydroxyl groups excluding tert-OH is 1. The van der Waals surface area contributed by atoms with Gasteiger partial charge < -0.3 is 19.5 Å². The topological polar surface area (TPSA) is 41.9 Å². The first-order chi connectivity index (χ1) is 12.2. The van der Waals surface area contributed by atoms with Crippen molar-refractivity contribution >= 4 is 0 Å². The van der Waals surface area contributed by atoms with Crippen molar-refractivity contribution < 1.29 is 14.6 Å². The molecule has 1 N–H and O–H groups in total. The Morgan fingerprint density at radius 2 is 2.00 bits per heavy atom. The van der Waals surface area contributed by atoms with Crippen LogP contribution in [0.15, 0.2) is 54.6 Å². The number of methoxy groups -OCH3 is 1. The molecule has 1 aliphatic heterocycles. The van der Waals surface area contributed by atoms with Crippen molar-refractivity contribution in [1.29, 1.82) is 0 Å². The molecular weight excluding hydrogens is 314 g/mol. The number of ether oxygens (including phenoxy) is 2.